The predicted octanol–water partition coefficient (Wildman–Crippen LogP) is 5.09. The molecule has 0 spiro atoms. The minimum Gasteiger partial charge on any atom is -0.516 e. The fourth-order valence-electron chi connectivity index (χ4n) is 3.00. The summed E-state index contributed by atoms with van der Waals surface area (Å²) in [4.78, 5) is 0. The van der Waals surface area contributed by atoms with Crippen LogP contribution in [-0.2, 0) is 5.41 Å². The lowest BCUT2D eigenvalue weighted by molar-refractivity contribution is 0.466. The molecule has 0 aliphatic rings. The number of rotatable bonds is 4. The third-order valence-corrected chi connectivity index (χ3v) is 4.01. The van der Waals surface area contributed by atoms with Crippen molar-refractivity contribution in [1.82, 2.24) is 0 Å². The van der Waals surface area contributed by atoms with E-state index in [0.29, 0.717) is 0 Å². The van der Waals surface area contributed by atoms with Crippen LogP contribution in [-0.4, -0.2) is 5.11 Å². The second-order valence-electron chi connectivity index (χ2n) is 5.22. The molecule has 0 bridgehead atoms. The summed E-state index contributed by atoms with van der Waals surface area (Å²) in [6.45, 7) is 0. The Morgan fingerprint density at radius 2 is 0.864 bits per heavy atom. The lowest BCUT2D eigenvalue weighted by Gasteiger charge is -2.32. The van der Waals surface area contributed by atoms with Gasteiger partial charge in [0, 0.05) is 0 Å². The quantitative estimate of drug-likeness (QED) is 0.523. The molecule has 1 N–H and O–H groups in total. The summed E-state index contributed by atoms with van der Waals surface area (Å²) in [5.74, 6) is 0. The van der Waals surface area contributed by atoms with E-state index in [9.17, 15) is 5.11 Å². The van der Waals surface area contributed by atoms with Gasteiger partial charge < -0.3 is 5.11 Å². The van der Waals surface area contributed by atoms with E-state index in [1.165, 1.54) is 0 Å². The number of benzene rings is 3. The van der Waals surface area contributed by atoms with Crippen LogP contribution < -0.4 is 0 Å². The maximum Gasteiger partial charge on any atom is 0.0767 e. The van der Waals surface area contributed by atoms with Crippen molar-refractivity contribution >= 4 is 0 Å². The fraction of sp³-hybridized carbons (Fsp3) is 0.0476. The first-order chi connectivity index (χ1) is 10.9. The zero-order valence-corrected chi connectivity index (χ0v) is 12.3. The molecule has 0 unspecified atom stereocenters. The van der Waals surface area contributed by atoms with Crippen LogP contribution in [0.2, 0.25) is 0 Å². The minimum absolute atomic E-state index is 0.501. The van der Waals surface area contributed by atoms with Gasteiger partial charge in [-0.25, -0.2) is 0 Å². The first-order valence-electron chi connectivity index (χ1n) is 7.36. The fourth-order valence-corrected chi connectivity index (χ4v) is 3.00. The highest BCUT2D eigenvalue weighted by molar-refractivity contribution is 5.54. The Labute approximate surface area is 131 Å². The van der Waals surface area contributed by atoms with Gasteiger partial charge in [-0.15, -0.1) is 0 Å². The number of hydrogen-bond donors (Lipinski definition) is 1. The molecule has 0 atom stereocenters. The van der Waals surface area contributed by atoms with Crippen molar-refractivity contribution in [2.24, 2.45) is 0 Å². The Bertz CT molecular complexity index is 634. The van der Waals surface area contributed by atoms with E-state index in [-0.39, 0.29) is 0 Å². The maximum absolute atomic E-state index is 9.61. The lowest BCUT2D eigenvalue weighted by Crippen LogP contribution is -2.26. The van der Waals surface area contributed by atoms with E-state index in [4.69, 9.17) is 0 Å². The van der Waals surface area contributed by atoms with Crippen molar-refractivity contribution in [3.05, 3.63) is 120 Å². The molecule has 0 heterocycles. The number of aliphatic hydroxyl groups is 1. The summed E-state index contributed by atoms with van der Waals surface area (Å²) in [6, 6.07) is 30.8. The van der Waals surface area contributed by atoms with Crippen LogP contribution in [0.15, 0.2) is 103 Å². The van der Waals surface area contributed by atoms with Crippen molar-refractivity contribution in [1.29, 1.82) is 0 Å². The van der Waals surface area contributed by atoms with Crippen LogP contribution in [0.25, 0.3) is 0 Å². The Hall–Kier alpha value is -2.80. The largest absolute Gasteiger partial charge is 0.516 e. The topological polar surface area (TPSA) is 20.2 Å². The van der Waals surface area contributed by atoms with Gasteiger partial charge in [0.05, 0.1) is 11.7 Å². The zero-order chi connectivity index (χ0) is 15.3. The van der Waals surface area contributed by atoms with Gasteiger partial charge in [-0.1, -0.05) is 91.0 Å². The summed E-state index contributed by atoms with van der Waals surface area (Å²) in [5.41, 5.74) is 2.87. The molecule has 3 rings (SSSR count). The van der Waals surface area contributed by atoms with E-state index >= 15 is 0 Å². The summed E-state index contributed by atoms with van der Waals surface area (Å²) in [7, 11) is 0. The van der Waals surface area contributed by atoms with Crippen molar-refractivity contribution in [2.75, 3.05) is 0 Å². The van der Waals surface area contributed by atoms with E-state index in [0.717, 1.165) is 23.0 Å². The molecule has 1 heteroatoms. The van der Waals surface area contributed by atoms with Gasteiger partial charge in [-0.05, 0) is 22.8 Å². The van der Waals surface area contributed by atoms with Gasteiger partial charge in [0.1, 0.15) is 0 Å². The molecule has 0 saturated carbocycles. The van der Waals surface area contributed by atoms with Crippen LogP contribution in [0.5, 0.6) is 0 Å². The van der Waals surface area contributed by atoms with Gasteiger partial charge in [-0.2, -0.15) is 0 Å². The number of allylic oxidation sites excluding steroid dienone is 1. The second-order valence-corrected chi connectivity index (χ2v) is 5.22. The van der Waals surface area contributed by atoms with E-state index in [1.54, 1.807) is 0 Å². The Morgan fingerprint density at radius 3 is 1.14 bits per heavy atom. The minimum atomic E-state index is -0.501. The van der Waals surface area contributed by atoms with Gasteiger partial charge in [0.2, 0.25) is 0 Å². The average molecular weight is 286 g/mol. The van der Waals surface area contributed by atoms with Crippen LogP contribution in [0.4, 0.5) is 0 Å². The van der Waals surface area contributed by atoms with E-state index in [1.807, 2.05) is 60.7 Å². The van der Waals surface area contributed by atoms with Crippen molar-refractivity contribution in [3.8, 4) is 0 Å². The van der Waals surface area contributed by atoms with Gasteiger partial charge in [-0.3, -0.25) is 0 Å². The molecule has 3 aromatic carbocycles. The average Bonchev–Trinajstić information content (AvgIpc) is 2.62. The third-order valence-electron chi connectivity index (χ3n) is 4.01. The van der Waals surface area contributed by atoms with Gasteiger partial charge in [0.25, 0.3) is 0 Å². The second kappa shape index (κ2) is 6.31. The van der Waals surface area contributed by atoms with E-state index < -0.39 is 5.41 Å². The first-order valence-corrected chi connectivity index (χ1v) is 7.36. The zero-order valence-electron chi connectivity index (χ0n) is 12.3. The molecular weight excluding hydrogens is 268 g/mol. The SMILES string of the molecule is OC=CC(c1ccccc1)(c1ccccc1)c1ccccc1. The molecule has 22 heavy (non-hydrogen) atoms. The van der Waals surface area contributed by atoms with E-state index in [2.05, 4.69) is 36.4 Å². The van der Waals surface area contributed by atoms with Gasteiger partial charge in [0.15, 0.2) is 0 Å². The van der Waals surface area contributed by atoms with Crippen LogP contribution in [0.3, 0.4) is 0 Å². The number of aliphatic hydroxyl groups excluding tert-OH is 1. The molecule has 0 aliphatic heterocycles. The summed E-state index contributed by atoms with van der Waals surface area (Å²) in [5, 5.41) is 9.61. The maximum atomic E-state index is 9.61. The van der Waals surface area contributed by atoms with Crippen molar-refractivity contribution in [3.63, 3.8) is 0 Å². The molecule has 0 radical (unpaired) electrons. The summed E-state index contributed by atoms with van der Waals surface area (Å²) >= 11 is 0. The third kappa shape index (κ3) is 2.42. The predicted molar refractivity (Wildman–Crippen MR) is 91.0 cm³/mol. The van der Waals surface area contributed by atoms with Crippen LogP contribution >= 0.6 is 0 Å². The Kier molecular flexibility index (Phi) is 4.06. The Balaban J connectivity index is 2.34. The lowest BCUT2D eigenvalue weighted by atomic mass is 9.69. The molecule has 3 aromatic rings. The molecule has 1 nitrogen and oxygen atoms in total. The highest BCUT2D eigenvalue weighted by atomic mass is 16.2. The van der Waals surface area contributed by atoms with Crippen molar-refractivity contribution in [2.45, 2.75) is 5.41 Å². The molecule has 0 amide bonds. The van der Waals surface area contributed by atoms with Gasteiger partial charge >= 0.3 is 0 Å². The summed E-state index contributed by atoms with van der Waals surface area (Å²) in [6.07, 6.45) is 3.00. The van der Waals surface area contributed by atoms with Crippen LogP contribution in [0.1, 0.15) is 16.7 Å². The van der Waals surface area contributed by atoms with Crippen molar-refractivity contribution < 1.29 is 5.11 Å². The highest BCUT2D eigenvalue weighted by Gasteiger charge is 2.33. The number of hydrogen-bond acceptors (Lipinski definition) is 1. The molecule has 0 fully saturated rings. The van der Waals surface area contributed by atoms with Crippen LogP contribution in [0, 0.1) is 0 Å². The smallest absolute Gasteiger partial charge is 0.0767 e. The monoisotopic (exact) mass is 286 g/mol. The normalized spacial score (nSPS) is 11.6. The molecular formula is C21H18O. The molecule has 0 saturated heterocycles. The summed E-state index contributed by atoms with van der Waals surface area (Å²) < 4.78 is 0. The molecule has 108 valence electrons. The molecule has 0 aromatic heterocycles. The highest BCUT2D eigenvalue weighted by Crippen LogP contribution is 2.40. The first kappa shape index (κ1) is 14.2. The standard InChI is InChI=1S/C21H18O/c22-17-16-21(18-10-4-1-5-11-18,19-12-6-2-7-13-19)20-14-8-3-9-15-20/h1-17,22H. The Morgan fingerprint density at radius 1 is 0.545 bits per heavy atom. The molecule has 0 aliphatic carbocycles.